The van der Waals surface area contributed by atoms with Crippen molar-refractivity contribution in [2.45, 2.75) is 6.92 Å². The first-order valence-corrected chi connectivity index (χ1v) is 8.30. The van der Waals surface area contributed by atoms with Gasteiger partial charge in [-0.25, -0.2) is 9.37 Å². The van der Waals surface area contributed by atoms with Crippen molar-refractivity contribution in [2.24, 2.45) is 0 Å². The minimum atomic E-state index is -0.562. The Labute approximate surface area is 142 Å². The van der Waals surface area contributed by atoms with Crippen LogP contribution in [0.3, 0.4) is 0 Å². The van der Waals surface area contributed by atoms with Crippen LogP contribution in [0.25, 0.3) is 11.3 Å². The number of benzene rings is 2. The zero-order valence-electron chi connectivity index (χ0n) is 13.0. The van der Waals surface area contributed by atoms with Crippen molar-refractivity contribution >= 4 is 22.4 Å². The molecule has 3 rings (SSSR count). The maximum absolute atomic E-state index is 13.7. The Morgan fingerprint density at radius 3 is 2.75 bits per heavy atom. The van der Waals surface area contributed by atoms with Gasteiger partial charge in [0, 0.05) is 10.9 Å². The molecule has 1 heterocycles. The third-order valence-electron chi connectivity index (χ3n) is 3.31. The van der Waals surface area contributed by atoms with Crippen molar-refractivity contribution in [1.29, 1.82) is 0 Å². The van der Waals surface area contributed by atoms with Gasteiger partial charge in [0.2, 0.25) is 0 Å². The molecule has 122 valence electrons. The summed E-state index contributed by atoms with van der Waals surface area (Å²) in [7, 11) is 0. The average Bonchev–Trinajstić information content (AvgIpc) is 3.04. The molecular formula is C18H15FN2O2S. The molecule has 1 N–H and O–H groups in total. The summed E-state index contributed by atoms with van der Waals surface area (Å²) in [5, 5.41) is 4.86. The molecule has 24 heavy (non-hydrogen) atoms. The number of anilines is 1. The van der Waals surface area contributed by atoms with E-state index < -0.39 is 11.7 Å². The van der Waals surface area contributed by atoms with Gasteiger partial charge in [-0.1, -0.05) is 24.3 Å². The number of carbonyl (C=O) groups excluding carboxylic acids is 1. The minimum Gasteiger partial charge on any atom is -0.493 e. The molecule has 0 aliphatic carbocycles. The number of thiazole rings is 1. The number of halogens is 1. The SMILES string of the molecule is CCOc1ccccc1-c1csc(NC(=O)c2ccccc2F)n1. The molecule has 0 aliphatic rings. The van der Waals surface area contributed by atoms with E-state index in [0.717, 1.165) is 11.3 Å². The van der Waals surface area contributed by atoms with E-state index in [4.69, 9.17) is 4.74 Å². The van der Waals surface area contributed by atoms with Crippen molar-refractivity contribution in [3.63, 3.8) is 0 Å². The van der Waals surface area contributed by atoms with Crippen LogP contribution in [0.15, 0.2) is 53.9 Å². The van der Waals surface area contributed by atoms with Gasteiger partial charge < -0.3 is 4.74 Å². The van der Waals surface area contributed by atoms with Crippen molar-refractivity contribution in [2.75, 3.05) is 11.9 Å². The monoisotopic (exact) mass is 342 g/mol. The zero-order chi connectivity index (χ0) is 16.9. The fourth-order valence-corrected chi connectivity index (χ4v) is 2.93. The molecule has 3 aromatic rings. The average molecular weight is 342 g/mol. The van der Waals surface area contributed by atoms with Crippen LogP contribution in [0, 0.1) is 5.82 Å². The van der Waals surface area contributed by atoms with Gasteiger partial charge in [0.15, 0.2) is 5.13 Å². The van der Waals surface area contributed by atoms with Crippen LogP contribution in [0.5, 0.6) is 5.75 Å². The summed E-state index contributed by atoms with van der Waals surface area (Å²) in [4.78, 5) is 16.5. The molecule has 0 spiro atoms. The summed E-state index contributed by atoms with van der Waals surface area (Å²) < 4.78 is 19.3. The molecule has 4 nitrogen and oxygen atoms in total. The predicted molar refractivity (Wildman–Crippen MR) is 93.1 cm³/mol. The summed E-state index contributed by atoms with van der Waals surface area (Å²) in [5.41, 5.74) is 1.54. The molecule has 0 radical (unpaired) electrons. The molecular weight excluding hydrogens is 327 g/mol. The number of nitrogens with zero attached hydrogens (tertiary/aromatic N) is 1. The number of ether oxygens (including phenoxy) is 1. The zero-order valence-corrected chi connectivity index (χ0v) is 13.8. The number of nitrogens with one attached hydrogen (secondary N) is 1. The van der Waals surface area contributed by atoms with E-state index in [2.05, 4.69) is 10.3 Å². The number of carbonyl (C=O) groups is 1. The van der Waals surface area contributed by atoms with Crippen molar-refractivity contribution in [3.8, 4) is 17.0 Å². The molecule has 0 fully saturated rings. The van der Waals surface area contributed by atoms with E-state index in [1.54, 1.807) is 6.07 Å². The second kappa shape index (κ2) is 7.23. The standard InChI is InChI=1S/C18H15FN2O2S/c1-2-23-16-10-6-4-8-13(16)15-11-24-18(20-15)21-17(22)12-7-3-5-9-14(12)19/h3-11H,2H2,1H3,(H,20,21,22). The fraction of sp³-hybridized carbons (Fsp3) is 0.111. The highest BCUT2D eigenvalue weighted by Crippen LogP contribution is 2.32. The Morgan fingerprint density at radius 2 is 1.96 bits per heavy atom. The topological polar surface area (TPSA) is 51.2 Å². The molecule has 0 saturated heterocycles. The normalized spacial score (nSPS) is 10.4. The lowest BCUT2D eigenvalue weighted by atomic mass is 10.1. The first-order chi connectivity index (χ1) is 11.7. The van der Waals surface area contributed by atoms with E-state index in [1.807, 2.05) is 36.6 Å². The Balaban J connectivity index is 1.82. The van der Waals surface area contributed by atoms with Crippen LogP contribution in [-0.4, -0.2) is 17.5 Å². The molecule has 2 aromatic carbocycles. The number of amides is 1. The van der Waals surface area contributed by atoms with Crippen molar-refractivity contribution in [3.05, 3.63) is 65.3 Å². The molecule has 6 heteroatoms. The van der Waals surface area contributed by atoms with Gasteiger partial charge in [-0.2, -0.15) is 0 Å². The first-order valence-electron chi connectivity index (χ1n) is 7.42. The van der Waals surface area contributed by atoms with E-state index in [-0.39, 0.29) is 5.56 Å². The summed E-state index contributed by atoms with van der Waals surface area (Å²) in [6.45, 7) is 2.47. The predicted octanol–water partition coefficient (Wildman–Crippen LogP) is 4.60. The second-order valence-electron chi connectivity index (χ2n) is 4.90. The van der Waals surface area contributed by atoms with Crippen LogP contribution in [0.2, 0.25) is 0 Å². The highest BCUT2D eigenvalue weighted by Gasteiger charge is 2.14. The molecule has 1 aromatic heterocycles. The van der Waals surface area contributed by atoms with E-state index >= 15 is 0 Å². The van der Waals surface area contributed by atoms with Gasteiger partial charge in [0.1, 0.15) is 11.6 Å². The third kappa shape index (κ3) is 3.44. The van der Waals surface area contributed by atoms with Crippen molar-refractivity contribution in [1.82, 2.24) is 4.98 Å². The van der Waals surface area contributed by atoms with Gasteiger partial charge in [-0.3, -0.25) is 10.1 Å². The Bertz CT molecular complexity index is 863. The van der Waals surface area contributed by atoms with Crippen LogP contribution >= 0.6 is 11.3 Å². The molecule has 0 unspecified atom stereocenters. The van der Waals surface area contributed by atoms with Gasteiger partial charge in [-0.05, 0) is 31.2 Å². The highest BCUT2D eigenvalue weighted by molar-refractivity contribution is 7.14. The van der Waals surface area contributed by atoms with E-state index in [1.165, 1.54) is 29.5 Å². The number of rotatable bonds is 5. The number of hydrogen-bond donors (Lipinski definition) is 1. The van der Waals surface area contributed by atoms with Gasteiger partial charge in [-0.15, -0.1) is 11.3 Å². The second-order valence-corrected chi connectivity index (χ2v) is 5.76. The van der Waals surface area contributed by atoms with Gasteiger partial charge >= 0.3 is 0 Å². The summed E-state index contributed by atoms with van der Waals surface area (Å²) in [6.07, 6.45) is 0. The fourth-order valence-electron chi connectivity index (χ4n) is 2.22. The first kappa shape index (κ1) is 16.1. The van der Waals surface area contributed by atoms with E-state index in [0.29, 0.717) is 17.4 Å². The largest absolute Gasteiger partial charge is 0.493 e. The van der Waals surface area contributed by atoms with Crippen LogP contribution in [-0.2, 0) is 0 Å². The van der Waals surface area contributed by atoms with Gasteiger partial charge in [0.25, 0.3) is 5.91 Å². The molecule has 0 atom stereocenters. The Morgan fingerprint density at radius 1 is 1.21 bits per heavy atom. The lowest BCUT2D eigenvalue weighted by Gasteiger charge is -2.07. The van der Waals surface area contributed by atoms with Crippen LogP contribution < -0.4 is 10.1 Å². The maximum Gasteiger partial charge on any atom is 0.260 e. The highest BCUT2D eigenvalue weighted by atomic mass is 32.1. The molecule has 1 amide bonds. The number of hydrogen-bond acceptors (Lipinski definition) is 4. The number of para-hydroxylation sites is 1. The maximum atomic E-state index is 13.7. The summed E-state index contributed by atoms with van der Waals surface area (Å²) in [5.74, 6) is -0.349. The summed E-state index contributed by atoms with van der Waals surface area (Å²) >= 11 is 1.28. The number of aromatic nitrogens is 1. The Hall–Kier alpha value is -2.73. The third-order valence-corrected chi connectivity index (χ3v) is 4.06. The van der Waals surface area contributed by atoms with Gasteiger partial charge in [0.05, 0.1) is 17.9 Å². The Kier molecular flexibility index (Phi) is 4.86. The van der Waals surface area contributed by atoms with Crippen LogP contribution in [0.4, 0.5) is 9.52 Å². The van der Waals surface area contributed by atoms with Crippen molar-refractivity contribution < 1.29 is 13.9 Å². The minimum absolute atomic E-state index is 0.0102. The summed E-state index contributed by atoms with van der Waals surface area (Å²) in [6, 6.07) is 13.4. The quantitative estimate of drug-likeness (QED) is 0.737. The molecule has 0 saturated carbocycles. The lowest BCUT2D eigenvalue weighted by molar-refractivity contribution is 0.102. The van der Waals surface area contributed by atoms with Crippen LogP contribution in [0.1, 0.15) is 17.3 Å². The lowest BCUT2D eigenvalue weighted by Crippen LogP contribution is -2.13. The molecule has 0 aliphatic heterocycles. The smallest absolute Gasteiger partial charge is 0.260 e. The van der Waals surface area contributed by atoms with E-state index in [9.17, 15) is 9.18 Å². The molecule has 0 bridgehead atoms.